The number of methoxy groups -OCH3 is 1. The number of ether oxygens (including phenoxy) is 1. The number of carbonyl (C=O) groups is 2. The Morgan fingerprint density at radius 2 is 1.76 bits per heavy atom. The Balaban J connectivity index is 1.51. The van der Waals surface area contributed by atoms with E-state index < -0.39 is 23.8 Å². The Hall–Kier alpha value is -4.58. The number of H-pyrrole nitrogens is 2. The van der Waals surface area contributed by atoms with Crippen LogP contribution in [0.15, 0.2) is 59.4 Å². The molecule has 190 valence electrons. The number of carbonyl (C=O) groups excluding carboxylic acids is 2. The molecule has 2 amide bonds. The molecule has 2 heterocycles. The second-order valence-corrected chi connectivity index (χ2v) is 9.32. The fourth-order valence-corrected chi connectivity index (χ4v) is 4.44. The molecule has 37 heavy (non-hydrogen) atoms. The summed E-state index contributed by atoms with van der Waals surface area (Å²) in [6, 6.07) is 17.1. The summed E-state index contributed by atoms with van der Waals surface area (Å²) >= 11 is 0. The summed E-state index contributed by atoms with van der Waals surface area (Å²) in [4.78, 5) is 44.2. The number of aromatic amines is 2. The number of benzene rings is 2. The Bertz CT molecular complexity index is 1550. The van der Waals surface area contributed by atoms with Crippen LogP contribution in [0, 0.1) is 17.2 Å². The third kappa shape index (κ3) is 5.64. The lowest BCUT2D eigenvalue weighted by molar-refractivity contribution is -0.123. The molecule has 0 spiro atoms. The molecule has 2 aromatic carbocycles. The van der Waals surface area contributed by atoms with E-state index in [0.717, 1.165) is 16.3 Å². The van der Waals surface area contributed by atoms with Gasteiger partial charge in [-0.05, 0) is 42.2 Å². The molecule has 9 heteroatoms. The minimum atomic E-state index is -0.809. The Morgan fingerprint density at radius 3 is 2.49 bits per heavy atom. The van der Waals surface area contributed by atoms with Crippen molar-refractivity contribution < 1.29 is 14.3 Å². The largest absolute Gasteiger partial charge is 0.496 e. The van der Waals surface area contributed by atoms with Crippen molar-refractivity contribution in [2.75, 3.05) is 13.7 Å². The van der Waals surface area contributed by atoms with Gasteiger partial charge in [0, 0.05) is 34.4 Å². The van der Waals surface area contributed by atoms with Crippen LogP contribution in [0.25, 0.3) is 21.8 Å². The van der Waals surface area contributed by atoms with Gasteiger partial charge >= 0.3 is 0 Å². The number of amides is 2. The molecular formula is C28H29N5O4. The molecule has 0 radical (unpaired) electrons. The lowest BCUT2D eigenvalue weighted by Crippen LogP contribution is -2.48. The van der Waals surface area contributed by atoms with Crippen molar-refractivity contribution in [3.63, 3.8) is 0 Å². The molecule has 4 N–H and O–H groups in total. The molecule has 0 saturated carbocycles. The van der Waals surface area contributed by atoms with Crippen LogP contribution in [0.3, 0.4) is 0 Å². The minimum absolute atomic E-state index is 0.00314. The number of para-hydroxylation sites is 1. The SMILES string of the molecule is COc1cccc2[nH]c(C(=O)N[C@@H](CC(C)C)C(=O)NCC(C#N)c3cc(=O)[nH]c4ccccc34)cc12. The average Bonchev–Trinajstić information content (AvgIpc) is 3.33. The number of rotatable bonds is 9. The first kappa shape index (κ1) is 25.5. The molecule has 0 fully saturated rings. The van der Waals surface area contributed by atoms with Crippen molar-refractivity contribution in [2.45, 2.75) is 32.2 Å². The van der Waals surface area contributed by atoms with E-state index in [-0.39, 0.29) is 18.0 Å². The Labute approximate surface area is 213 Å². The van der Waals surface area contributed by atoms with Gasteiger partial charge in [0.25, 0.3) is 5.91 Å². The number of hydrogen-bond acceptors (Lipinski definition) is 5. The molecule has 0 saturated heterocycles. The van der Waals surface area contributed by atoms with E-state index in [1.54, 1.807) is 25.3 Å². The maximum Gasteiger partial charge on any atom is 0.268 e. The zero-order valence-corrected chi connectivity index (χ0v) is 20.9. The van der Waals surface area contributed by atoms with E-state index in [1.807, 2.05) is 44.2 Å². The first-order valence-corrected chi connectivity index (χ1v) is 12.1. The van der Waals surface area contributed by atoms with E-state index in [0.29, 0.717) is 28.9 Å². The van der Waals surface area contributed by atoms with Gasteiger partial charge < -0.3 is 25.3 Å². The topological polar surface area (TPSA) is 140 Å². The predicted molar refractivity (Wildman–Crippen MR) is 141 cm³/mol. The van der Waals surface area contributed by atoms with Crippen LogP contribution in [0.5, 0.6) is 5.75 Å². The summed E-state index contributed by atoms with van der Waals surface area (Å²) in [6.45, 7) is 3.91. The van der Waals surface area contributed by atoms with Crippen molar-refractivity contribution in [1.29, 1.82) is 5.26 Å². The monoisotopic (exact) mass is 499 g/mol. The fourth-order valence-electron chi connectivity index (χ4n) is 4.44. The van der Waals surface area contributed by atoms with Crippen LogP contribution in [0.2, 0.25) is 0 Å². The Morgan fingerprint density at radius 1 is 1.03 bits per heavy atom. The van der Waals surface area contributed by atoms with Gasteiger partial charge in [0.2, 0.25) is 11.5 Å². The van der Waals surface area contributed by atoms with E-state index in [4.69, 9.17) is 4.74 Å². The summed E-state index contributed by atoms with van der Waals surface area (Å²) in [5.74, 6) is -0.796. The zero-order chi connectivity index (χ0) is 26.5. The quantitative estimate of drug-likeness (QED) is 0.279. The molecule has 9 nitrogen and oxygen atoms in total. The first-order chi connectivity index (χ1) is 17.8. The molecular weight excluding hydrogens is 470 g/mol. The van der Waals surface area contributed by atoms with Gasteiger partial charge in [-0.2, -0.15) is 5.26 Å². The van der Waals surface area contributed by atoms with Crippen molar-refractivity contribution in [1.82, 2.24) is 20.6 Å². The lowest BCUT2D eigenvalue weighted by atomic mass is 9.96. The van der Waals surface area contributed by atoms with Gasteiger partial charge in [-0.3, -0.25) is 14.4 Å². The van der Waals surface area contributed by atoms with Crippen LogP contribution in [0.1, 0.15) is 42.2 Å². The highest BCUT2D eigenvalue weighted by Gasteiger charge is 2.25. The van der Waals surface area contributed by atoms with Crippen molar-refractivity contribution in [2.24, 2.45) is 5.92 Å². The second kappa shape index (κ2) is 11.0. The van der Waals surface area contributed by atoms with Gasteiger partial charge in [0.1, 0.15) is 17.5 Å². The van der Waals surface area contributed by atoms with Gasteiger partial charge in [0.05, 0.1) is 19.1 Å². The molecule has 0 aliphatic carbocycles. The zero-order valence-electron chi connectivity index (χ0n) is 20.9. The smallest absolute Gasteiger partial charge is 0.268 e. The molecule has 0 aliphatic heterocycles. The molecule has 0 aliphatic rings. The van der Waals surface area contributed by atoms with Crippen molar-refractivity contribution >= 4 is 33.6 Å². The normalized spacial score (nSPS) is 12.7. The highest BCUT2D eigenvalue weighted by atomic mass is 16.5. The third-order valence-electron chi connectivity index (χ3n) is 6.21. The number of nitriles is 1. The number of nitrogens with zero attached hydrogens (tertiary/aromatic N) is 1. The van der Waals surface area contributed by atoms with Crippen LogP contribution in [-0.2, 0) is 4.79 Å². The summed E-state index contributed by atoms with van der Waals surface area (Å²) in [5.41, 5.74) is 1.90. The molecule has 1 unspecified atom stereocenters. The van der Waals surface area contributed by atoms with E-state index in [9.17, 15) is 19.6 Å². The average molecular weight is 500 g/mol. The van der Waals surface area contributed by atoms with Crippen LogP contribution < -0.4 is 20.9 Å². The highest BCUT2D eigenvalue weighted by Crippen LogP contribution is 2.26. The Kier molecular flexibility index (Phi) is 7.58. The summed E-state index contributed by atoms with van der Waals surface area (Å²) in [6.07, 6.45) is 0.409. The van der Waals surface area contributed by atoms with Crippen molar-refractivity contribution in [3.8, 4) is 11.8 Å². The molecule has 4 rings (SSSR count). The highest BCUT2D eigenvalue weighted by molar-refractivity contribution is 6.01. The van der Waals surface area contributed by atoms with Gasteiger partial charge in [-0.25, -0.2) is 0 Å². The molecule has 4 aromatic rings. The summed E-state index contributed by atoms with van der Waals surface area (Å²) < 4.78 is 5.36. The predicted octanol–water partition coefficient (Wildman–Crippen LogP) is 3.59. The maximum atomic E-state index is 13.2. The van der Waals surface area contributed by atoms with Crippen LogP contribution in [-0.4, -0.2) is 41.5 Å². The van der Waals surface area contributed by atoms with Crippen LogP contribution in [0.4, 0.5) is 0 Å². The van der Waals surface area contributed by atoms with E-state index in [2.05, 4.69) is 26.7 Å². The number of fused-ring (bicyclic) bond motifs is 2. The summed E-state index contributed by atoms with van der Waals surface area (Å²) in [7, 11) is 1.56. The number of aromatic nitrogens is 2. The van der Waals surface area contributed by atoms with E-state index >= 15 is 0 Å². The van der Waals surface area contributed by atoms with Crippen LogP contribution >= 0.6 is 0 Å². The minimum Gasteiger partial charge on any atom is -0.496 e. The van der Waals surface area contributed by atoms with Gasteiger partial charge in [-0.15, -0.1) is 0 Å². The second-order valence-electron chi connectivity index (χ2n) is 9.32. The lowest BCUT2D eigenvalue weighted by Gasteiger charge is -2.21. The molecule has 2 atom stereocenters. The van der Waals surface area contributed by atoms with Crippen molar-refractivity contribution in [3.05, 3.63) is 76.2 Å². The summed E-state index contributed by atoms with van der Waals surface area (Å²) in [5, 5.41) is 17.0. The standard InChI is InChI=1S/C28H29N5O4/c1-16(2)11-23(33-28(36)24-12-20-22(31-24)9-6-10-25(20)37-3)27(35)30-15-17(14-29)19-13-26(34)32-21-8-5-4-7-18(19)21/h4-10,12-13,16-17,23,31H,11,15H2,1-3H3,(H,30,35)(H,32,34)(H,33,36)/t17?,23-/m0/s1. The third-order valence-corrected chi connectivity index (χ3v) is 6.21. The van der Waals surface area contributed by atoms with Gasteiger partial charge in [-0.1, -0.05) is 38.1 Å². The first-order valence-electron chi connectivity index (χ1n) is 12.1. The number of nitrogens with one attached hydrogen (secondary N) is 4. The molecule has 2 aromatic heterocycles. The van der Waals surface area contributed by atoms with Gasteiger partial charge in [0.15, 0.2) is 0 Å². The number of pyridine rings is 1. The van der Waals surface area contributed by atoms with E-state index in [1.165, 1.54) is 6.07 Å². The maximum absolute atomic E-state index is 13.2. The number of hydrogen-bond donors (Lipinski definition) is 4. The fraction of sp³-hybridized carbons (Fsp3) is 0.286. The molecule has 0 bridgehead atoms.